The molecule has 1 aromatic heterocycles. The highest BCUT2D eigenvalue weighted by molar-refractivity contribution is 7.93. The molecule has 1 fully saturated rings. The fraction of sp³-hybridized carbons (Fsp3) is 0.389. The van der Waals surface area contributed by atoms with Crippen molar-refractivity contribution >= 4 is 33.0 Å². The maximum Gasteiger partial charge on any atom is 0.264 e. The number of sulfonamides is 1. The van der Waals surface area contributed by atoms with Gasteiger partial charge in [-0.1, -0.05) is 12.1 Å². The maximum absolute atomic E-state index is 12.8. The molecule has 0 unspecified atom stereocenters. The van der Waals surface area contributed by atoms with Crippen molar-refractivity contribution in [1.82, 2.24) is 5.32 Å². The van der Waals surface area contributed by atoms with E-state index in [0.29, 0.717) is 17.1 Å². The number of hydrogen-bond acceptors (Lipinski definition) is 5. The van der Waals surface area contributed by atoms with Crippen LogP contribution in [0.25, 0.3) is 0 Å². The van der Waals surface area contributed by atoms with Crippen LogP contribution in [0, 0.1) is 6.92 Å². The normalized spacial score (nSPS) is 17.2. The fourth-order valence-electron chi connectivity index (χ4n) is 2.79. The Morgan fingerprint density at radius 2 is 2.19 bits per heavy atom. The Kier molecular flexibility index (Phi) is 5.64. The number of rotatable bonds is 6. The highest BCUT2D eigenvalue weighted by Gasteiger charge is 2.24. The van der Waals surface area contributed by atoms with Crippen molar-refractivity contribution in [3.05, 3.63) is 46.2 Å². The Morgan fingerprint density at radius 3 is 2.88 bits per heavy atom. The molecule has 1 amide bonds. The van der Waals surface area contributed by atoms with Crippen LogP contribution in [0.1, 0.15) is 28.1 Å². The summed E-state index contributed by atoms with van der Waals surface area (Å²) in [4.78, 5) is 12.8. The van der Waals surface area contributed by atoms with E-state index >= 15 is 0 Å². The van der Waals surface area contributed by atoms with E-state index in [2.05, 4.69) is 5.32 Å². The lowest BCUT2D eigenvalue weighted by atomic mass is 10.2. The molecule has 0 spiro atoms. The minimum atomic E-state index is -3.71. The number of nitrogens with zero attached hydrogens (tertiary/aromatic N) is 1. The first-order valence-corrected chi connectivity index (χ1v) is 10.7. The largest absolute Gasteiger partial charge is 0.376 e. The van der Waals surface area contributed by atoms with E-state index < -0.39 is 10.0 Å². The molecule has 1 atom stereocenters. The summed E-state index contributed by atoms with van der Waals surface area (Å²) in [5.74, 6) is -0.273. The second-order valence-corrected chi connectivity index (χ2v) is 9.18. The molecule has 0 aliphatic carbocycles. The molecular weight excluding hydrogens is 372 g/mol. The molecular formula is C18H22N2O4S2. The third kappa shape index (κ3) is 4.08. The average Bonchev–Trinajstić information content (AvgIpc) is 3.31. The van der Waals surface area contributed by atoms with Gasteiger partial charge in [-0.15, -0.1) is 11.3 Å². The first kappa shape index (κ1) is 18.9. The zero-order valence-corrected chi connectivity index (χ0v) is 16.4. The summed E-state index contributed by atoms with van der Waals surface area (Å²) < 4.78 is 32.4. The van der Waals surface area contributed by atoms with E-state index in [1.54, 1.807) is 12.1 Å². The second-order valence-electron chi connectivity index (χ2n) is 6.30. The summed E-state index contributed by atoms with van der Waals surface area (Å²) in [6.45, 7) is 3.08. The quantitative estimate of drug-likeness (QED) is 0.817. The molecule has 3 rings (SSSR count). The van der Waals surface area contributed by atoms with E-state index in [1.807, 2.05) is 19.1 Å². The van der Waals surface area contributed by atoms with Crippen LogP contribution in [-0.2, 0) is 14.8 Å². The number of amides is 1. The molecule has 140 valence electrons. The third-order valence-electron chi connectivity index (χ3n) is 4.34. The van der Waals surface area contributed by atoms with Crippen LogP contribution >= 0.6 is 11.3 Å². The monoisotopic (exact) mass is 394 g/mol. The van der Waals surface area contributed by atoms with Crippen molar-refractivity contribution in [2.45, 2.75) is 30.8 Å². The van der Waals surface area contributed by atoms with E-state index in [-0.39, 0.29) is 16.9 Å². The minimum absolute atomic E-state index is 0.0505. The topological polar surface area (TPSA) is 75.7 Å². The number of carbonyl (C=O) groups is 1. The summed E-state index contributed by atoms with van der Waals surface area (Å²) >= 11 is 1.12. The van der Waals surface area contributed by atoms with Gasteiger partial charge in [-0.25, -0.2) is 8.42 Å². The van der Waals surface area contributed by atoms with Gasteiger partial charge in [0.05, 0.1) is 21.6 Å². The van der Waals surface area contributed by atoms with Crippen LogP contribution in [0.3, 0.4) is 0 Å². The summed E-state index contributed by atoms with van der Waals surface area (Å²) in [6, 6.07) is 8.70. The molecule has 1 saturated heterocycles. The van der Waals surface area contributed by atoms with E-state index in [9.17, 15) is 13.2 Å². The summed E-state index contributed by atoms with van der Waals surface area (Å²) in [6.07, 6.45) is 1.99. The molecule has 0 radical (unpaired) electrons. The number of carbonyl (C=O) groups excluding carboxylic acids is 1. The van der Waals surface area contributed by atoms with E-state index in [0.717, 1.165) is 36.3 Å². The van der Waals surface area contributed by atoms with E-state index in [1.165, 1.54) is 22.8 Å². The zero-order valence-electron chi connectivity index (χ0n) is 14.8. The number of anilines is 1. The average molecular weight is 395 g/mol. The number of nitrogens with one attached hydrogen (secondary N) is 1. The molecule has 0 saturated carbocycles. The van der Waals surface area contributed by atoms with Crippen molar-refractivity contribution in [3.8, 4) is 0 Å². The lowest BCUT2D eigenvalue weighted by Crippen LogP contribution is -2.31. The van der Waals surface area contributed by atoms with Gasteiger partial charge in [0.2, 0.25) is 0 Å². The highest BCUT2D eigenvalue weighted by Crippen LogP contribution is 2.26. The number of hydrogen-bond donors (Lipinski definition) is 1. The first-order valence-electron chi connectivity index (χ1n) is 8.42. The van der Waals surface area contributed by atoms with Gasteiger partial charge in [-0.2, -0.15) is 0 Å². The molecule has 6 nitrogen and oxygen atoms in total. The Balaban J connectivity index is 1.72. The van der Waals surface area contributed by atoms with Gasteiger partial charge < -0.3 is 10.1 Å². The van der Waals surface area contributed by atoms with Crippen LogP contribution in [0.15, 0.2) is 40.6 Å². The molecule has 2 heterocycles. The Labute approximate surface area is 157 Å². The van der Waals surface area contributed by atoms with Crippen molar-refractivity contribution in [2.75, 3.05) is 24.5 Å². The van der Waals surface area contributed by atoms with Gasteiger partial charge in [0.1, 0.15) is 0 Å². The van der Waals surface area contributed by atoms with Crippen LogP contribution in [0.5, 0.6) is 0 Å². The van der Waals surface area contributed by atoms with Crippen molar-refractivity contribution < 1.29 is 17.9 Å². The zero-order chi connectivity index (χ0) is 18.7. The van der Waals surface area contributed by atoms with Gasteiger partial charge in [-0.05, 0) is 43.5 Å². The molecule has 1 aliphatic heterocycles. The van der Waals surface area contributed by atoms with Gasteiger partial charge in [0.25, 0.3) is 15.9 Å². The minimum Gasteiger partial charge on any atom is -0.376 e. The van der Waals surface area contributed by atoms with Crippen LogP contribution in [0.2, 0.25) is 0 Å². The molecule has 1 N–H and O–H groups in total. The van der Waals surface area contributed by atoms with Gasteiger partial charge in [0.15, 0.2) is 0 Å². The first-order chi connectivity index (χ1) is 12.4. The SMILES string of the molecule is Cc1cccc(N(C)S(=O)(=O)c2csc(C(=O)NC[C@H]3CCCO3)c2)c1. The predicted octanol–water partition coefficient (Wildman–Crippen LogP) is 2.79. The maximum atomic E-state index is 12.8. The van der Waals surface area contributed by atoms with Crippen LogP contribution in [0.4, 0.5) is 5.69 Å². The van der Waals surface area contributed by atoms with Gasteiger partial charge in [0, 0.05) is 25.6 Å². The number of benzene rings is 1. The Morgan fingerprint density at radius 1 is 1.38 bits per heavy atom. The van der Waals surface area contributed by atoms with Gasteiger partial charge >= 0.3 is 0 Å². The number of ether oxygens (including phenoxy) is 1. The lowest BCUT2D eigenvalue weighted by molar-refractivity contribution is 0.0861. The molecule has 1 aliphatic rings. The molecule has 1 aromatic carbocycles. The number of thiophene rings is 1. The Hall–Kier alpha value is -1.90. The molecule has 0 bridgehead atoms. The molecule has 8 heteroatoms. The lowest BCUT2D eigenvalue weighted by Gasteiger charge is -2.19. The van der Waals surface area contributed by atoms with Crippen molar-refractivity contribution in [2.24, 2.45) is 0 Å². The summed E-state index contributed by atoms with van der Waals surface area (Å²) in [5, 5.41) is 4.31. The summed E-state index contributed by atoms with van der Waals surface area (Å²) in [7, 11) is -2.20. The second kappa shape index (κ2) is 7.77. The van der Waals surface area contributed by atoms with Crippen molar-refractivity contribution in [3.63, 3.8) is 0 Å². The summed E-state index contributed by atoms with van der Waals surface area (Å²) in [5.41, 5.74) is 1.56. The van der Waals surface area contributed by atoms with Gasteiger partial charge in [-0.3, -0.25) is 9.10 Å². The predicted molar refractivity (Wildman–Crippen MR) is 102 cm³/mol. The van der Waals surface area contributed by atoms with E-state index in [4.69, 9.17) is 4.74 Å². The third-order valence-corrected chi connectivity index (χ3v) is 7.18. The Bertz CT molecular complexity index is 886. The van der Waals surface area contributed by atoms with Crippen molar-refractivity contribution in [1.29, 1.82) is 0 Å². The fourth-order valence-corrected chi connectivity index (χ4v) is 5.16. The molecule has 26 heavy (non-hydrogen) atoms. The number of aryl methyl sites for hydroxylation is 1. The highest BCUT2D eigenvalue weighted by atomic mass is 32.2. The standard InChI is InChI=1S/C18H22N2O4S2/c1-13-5-3-6-14(9-13)20(2)26(22,23)16-10-17(25-12-16)18(21)19-11-15-7-4-8-24-15/h3,5-6,9-10,12,15H,4,7-8,11H2,1-2H3,(H,19,21)/t15-/m1/s1. The molecule has 2 aromatic rings. The smallest absolute Gasteiger partial charge is 0.264 e. The van der Waals surface area contributed by atoms with Crippen LogP contribution in [-0.4, -0.2) is 40.6 Å². The van der Waals surface area contributed by atoms with Crippen LogP contribution < -0.4 is 9.62 Å².